The first kappa shape index (κ1) is 17.9. The summed E-state index contributed by atoms with van der Waals surface area (Å²) in [6.07, 6.45) is 2.07. The van der Waals surface area contributed by atoms with Gasteiger partial charge in [0.2, 0.25) is 0 Å². The highest BCUT2D eigenvalue weighted by molar-refractivity contribution is 6.06. The van der Waals surface area contributed by atoms with Crippen LogP contribution in [0.4, 0.5) is 5.82 Å². The molecule has 134 valence electrons. The van der Waals surface area contributed by atoms with Crippen LogP contribution in [0.3, 0.4) is 0 Å². The summed E-state index contributed by atoms with van der Waals surface area (Å²) in [4.78, 5) is 19.4. The summed E-state index contributed by atoms with van der Waals surface area (Å²) in [6.45, 7) is 3.57. The van der Waals surface area contributed by atoms with Crippen LogP contribution >= 0.6 is 0 Å². The Hall–Kier alpha value is -2.88. The maximum Gasteiger partial charge on any atom is 0.254 e. The molecule has 0 spiro atoms. The van der Waals surface area contributed by atoms with Crippen LogP contribution in [-0.4, -0.2) is 29.4 Å². The normalized spacial score (nSPS) is 10.7. The lowest BCUT2D eigenvalue weighted by Gasteiger charge is -2.18. The van der Waals surface area contributed by atoms with Gasteiger partial charge in [-0.2, -0.15) is 0 Å². The second-order valence-electron chi connectivity index (χ2n) is 6.49. The Morgan fingerprint density at radius 1 is 1.08 bits per heavy atom. The number of nitrogens with zero attached hydrogens (tertiary/aromatic N) is 2. The Morgan fingerprint density at radius 2 is 1.81 bits per heavy atom. The average molecular weight is 347 g/mol. The van der Waals surface area contributed by atoms with E-state index >= 15 is 0 Å². The standard InChI is InChI=1S/C22H25N3O/c1-3-4-14-25(2)22(26)19-15-21(23-16-17-10-6-5-7-11-17)24-20-13-9-8-12-18(19)20/h5-13,15H,3-4,14,16H2,1-2H3,(H,23,24). The fourth-order valence-corrected chi connectivity index (χ4v) is 2.93. The summed E-state index contributed by atoms with van der Waals surface area (Å²) in [6, 6.07) is 19.9. The molecule has 1 heterocycles. The van der Waals surface area contributed by atoms with Gasteiger partial charge in [0.1, 0.15) is 5.82 Å². The van der Waals surface area contributed by atoms with Crippen molar-refractivity contribution in [3.63, 3.8) is 0 Å². The predicted octanol–water partition coefficient (Wildman–Crippen LogP) is 4.72. The number of fused-ring (bicyclic) bond motifs is 1. The zero-order valence-electron chi connectivity index (χ0n) is 15.4. The van der Waals surface area contributed by atoms with Crippen LogP contribution in [0.2, 0.25) is 0 Å². The third-order valence-corrected chi connectivity index (χ3v) is 4.46. The van der Waals surface area contributed by atoms with Crippen LogP contribution in [0.15, 0.2) is 60.7 Å². The number of hydrogen-bond donors (Lipinski definition) is 1. The zero-order valence-corrected chi connectivity index (χ0v) is 15.4. The zero-order chi connectivity index (χ0) is 18.4. The van der Waals surface area contributed by atoms with Gasteiger partial charge in [-0.3, -0.25) is 4.79 Å². The number of unbranched alkanes of at least 4 members (excludes halogenated alkanes) is 1. The van der Waals surface area contributed by atoms with Crippen molar-refractivity contribution >= 4 is 22.6 Å². The van der Waals surface area contributed by atoms with Gasteiger partial charge in [0, 0.05) is 25.5 Å². The summed E-state index contributed by atoms with van der Waals surface area (Å²) < 4.78 is 0. The van der Waals surface area contributed by atoms with Gasteiger partial charge >= 0.3 is 0 Å². The molecule has 1 aromatic heterocycles. The van der Waals surface area contributed by atoms with Gasteiger partial charge in [0.05, 0.1) is 11.1 Å². The van der Waals surface area contributed by atoms with Crippen molar-refractivity contribution in [1.29, 1.82) is 0 Å². The molecule has 0 aliphatic carbocycles. The van der Waals surface area contributed by atoms with Crippen molar-refractivity contribution in [2.75, 3.05) is 18.9 Å². The number of anilines is 1. The molecule has 26 heavy (non-hydrogen) atoms. The summed E-state index contributed by atoms with van der Waals surface area (Å²) in [7, 11) is 1.87. The molecule has 0 aliphatic heterocycles. The SMILES string of the molecule is CCCCN(C)C(=O)c1cc(NCc2ccccc2)nc2ccccc12. The molecule has 1 amide bonds. The van der Waals surface area contributed by atoms with E-state index in [0.29, 0.717) is 12.1 Å². The van der Waals surface area contributed by atoms with Crippen molar-refractivity contribution in [3.8, 4) is 0 Å². The lowest BCUT2D eigenvalue weighted by molar-refractivity contribution is 0.0795. The first-order valence-electron chi connectivity index (χ1n) is 9.12. The monoisotopic (exact) mass is 347 g/mol. The van der Waals surface area contributed by atoms with Crippen LogP contribution in [0.25, 0.3) is 10.9 Å². The van der Waals surface area contributed by atoms with E-state index in [1.165, 1.54) is 5.56 Å². The summed E-state index contributed by atoms with van der Waals surface area (Å²) in [5, 5.41) is 4.24. The number of carbonyl (C=O) groups excluding carboxylic acids is 1. The molecule has 0 atom stereocenters. The number of aromatic nitrogens is 1. The van der Waals surface area contributed by atoms with Crippen molar-refractivity contribution in [1.82, 2.24) is 9.88 Å². The maximum atomic E-state index is 13.0. The first-order chi connectivity index (χ1) is 12.7. The molecule has 4 nitrogen and oxygen atoms in total. The second-order valence-corrected chi connectivity index (χ2v) is 6.49. The van der Waals surface area contributed by atoms with Gasteiger partial charge in [-0.15, -0.1) is 0 Å². The first-order valence-corrected chi connectivity index (χ1v) is 9.12. The smallest absolute Gasteiger partial charge is 0.254 e. The molecule has 3 aromatic rings. The molecular weight excluding hydrogens is 322 g/mol. The number of amides is 1. The van der Waals surface area contributed by atoms with E-state index in [9.17, 15) is 4.79 Å². The molecule has 0 unspecified atom stereocenters. The Morgan fingerprint density at radius 3 is 2.58 bits per heavy atom. The minimum atomic E-state index is 0.0415. The number of para-hydroxylation sites is 1. The number of hydrogen-bond acceptors (Lipinski definition) is 3. The van der Waals surface area contributed by atoms with Crippen LogP contribution < -0.4 is 5.32 Å². The van der Waals surface area contributed by atoms with Crippen molar-refractivity contribution in [3.05, 3.63) is 71.8 Å². The molecule has 1 N–H and O–H groups in total. The van der Waals surface area contributed by atoms with E-state index < -0.39 is 0 Å². The van der Waals surface area contributed by atoms with E-state index in [-0.39, 0.29) is 5.91 Å². The van der Waals surface area contributed by atoms with Gasteiger partial charge in [0.15, 0.2) is 0 Å². The molecule has 0 bridgehead atoms. The maximum absolute atomic E-state index is 13.0. The minimum Gasteiger partial charge on any atom is -0.366 e. The van der Waals surface area contributed by atoms with E-state index in [1.54, 1.807) is 4.90 Å². The largest absolute Gasteiger partial charge is 0.366 e. The Labute approximate surface area is 154 Å². The highest BCUT2D eigenvalue weighted by Crippen LogP contribution is 2.22. The molecule has 0 saturated heterocycles. The molecule has 4 heteroatoms. The Kier molecular flexibility index (Phi) is 5.84. The number of pyridine rings is 1. The second kappa shape index (κ2) is 8.48. The molecule has 0 aliphatic rings. The third-order valence-electron chi connectivity index (χ3n) is 4.46. The van der Waals surface area contributed by atoms with E-state index in [2.05, 4.69) is 29.4 Å². The van der Waals surface area contributed by atoms with Gasteiger partial charge in [-0.05, 0) is 24.1 Å². The summed E-state index contributed by atoms with van der Waals surface area (Å²) in [5.74, 6) is 0.764. The number of benzene rings is 2. The lowest BCUT2D eigenvalue weighted by atomic mass is 10.1. The fraction of sp³-hybridized carbons (Fsp3) is 0.273. The van der Waals surface area contributed by atoms with Gasteiger partial charge in [0.25, 0.3) is 5.91 Å². The van der Waals surface area contributed by atoms with Gasteiger partial charge < -0.3 is 10.2 Å². The van der Waals surface area contributed by atoms with Gasteiger partial charge in [-0.1, -0.05) is 61.9 Å². The molecule has 0 radical (unpaired) electrons. The van der Waals surface area contributed by atoms with Crippen molar-refractivity contribution < 1.29 is 4.79 Å². The number of rotatable bonds is 7. The lowest BCUT2D eigenvalue weighted by Crippen LogP contribution is -2.28. The topological polar surface area (TPSA) is 45.2 Å². The summed E-state index contributed by atoms with van der Waals surface area (Å²) >= 11 is 0. The van der Waals surface area contributed by atoms with Crippen LogP contribution in [0.5, 0.6) is 0 Å². The average Bonchev–Trinajstić information content (AvgIpc) is 2.70. The quantitative estimate of drug-likeness (QED) is 0.673. The van der Waals surface area contributed by atoms with Crippen molar-refractivity contribution in [2.45, 2.75) is 26.3 Å². The highest BCUT2D eigenvalue weighted by Gasteiger charge is 2.16. The predicted molar refractivity (Wildman–Crippen MR) is 107 cm³/mol. The highest BCUT2D eigenvalue weighted by atomic mass is 16.2. The molecular formula is C22H25N3O. The Bertz CT molecular complexity index is 877. The minimum absolute atomic E-state index is 0.0415. The van der Waals surface area contributed by atoms with Crippen molar-refractivity contribution in [2.24, 2.45) is 0 Å². The Balaban J connectivity index is 1.89. The molecule has 0 fully saturated rings. The molecule has 3 rings (SSSR count). The van der Waals surface area contributed by atoms with Crippen LogP contribution in [0, 0.1) is 0 Å². The number of nitrogens with one attached hydrogen (secondary N) is 1. The number of carbonyl (C=O) groups is 1. The van der Waals surface area contributed by atoms with Crippen LogP contribution in [0.1, 0.15) is 35.7 Å². The van der Waals surface area contributed by atoms with E-state index in [1.807, 2.05) is 55.6 Å². The van der Waals surface area contributed by atoms with Crippen LogP contribution in [-0.2, 0) is 6.54 Å². The van der Waals surface area contributed by atoms with E-state index in [4.69, 9.17) is 0 Å². The molecule has 2 aromatic carbocycles. The fourth-order valence-electron chi connectivity index (χ4n) is 2.93. The summed E-state index contributed by atoms with van der Waals surface area (Å²) in [5.41, 5.74) is 2.71. The van der Waals surface area contributed by atoms with Gasteiger partial charge in [-0.25, -0.2) is 4.98 Å². The molecule has 0 saturated carbocycles. The third kappa shape index (κ3) is 4.20. The van der Waals surface area contributed by atoms with E-state index in [0.717, 1.165) is 36.1 Å².